The highest BCUT2D eigenvalue weighted by atomic mass is 16.6. The SMILES string of the molecule is Cc1ccc(C2OC2C(=O)c2ccc3c(c2)CCCC3)cc1. The molecule has 0 radical (unpaired) electrons. The highest BCUT2D eigenvalue weighted by Gasteiger charge is 2.46. The summed E-state index contributed by atoms with van der Waals surface area (Å²) in [5.74, 6) is 0.124. The van der Waals surface area contributed by atoms with E-state index in [2.05, 4.69) is 43.3 Å². The summed E-state index contributed by atoms with van der Waals surface area (Å²) < 4.78 is 5.65. The first-order valence-corrected chi connectivity index (χ1v) is 8.10. The van der Waals surface area contributed by atoms with Crippen LogP contribution in [-0.4, -0.2) is 11.9 Å². The number of fused-ring (bicyclic) bond motifs is 1. The minimum atomic E-state index is -0.302. The van der Waals surface area contributed by atoms with Crippen LogP contribution in [0.25, 0.3) is 0 Å². The highest BCUT2D eigenvalue weighted by Crippen LogP contribution is 2.41. The van der Waals surface area contributed by atoms with E-state index in [9.17, 15) is 4.79 Å². The van der Waals surface area contributed by atoms with Gasteiger partial charge in [-0.25, -0.2) is 0 Å². The number of Topliss-reactive ketones (excluding diaryl/α,β-unsaturated/α-hetero) is 1. The molecule has 112 valence electrons. The molecule has 1 aliphatic carbocycles. The number of carbonyl (C=O) groups excluding carboxylic acids is 1. The van der Waals surface area contributed by atoms with Crippen LogP contribution in [0.3, 0.4) is 0 Å². The van der Waals surface area contributed by atoms with Crippen molar-refractivity contribution in [2.24, 2.45) is 0 Å². The monoisotopic (exact) mass is 292 g/mol. The summed E-state index contributed by atoms with van der Waals surface area (Å²) in [5, 5.41) is 0. The number of hydrogen-bond donors (Lipinski definition) is 0. The summed E-state index contributed by atoms with van der Waals surface area (Å²) in [6.07, 6.45) is 4.38. The lowest BCUT2D eigenvalue weighted by Gasteiger charge is -2.16. The fraction of sp³-hybridized carbons (Fsp3) is 0.350. The van der Waals surface area contributed by atoms with E-state index < -0.39 is 0 Å². The van der Waals surface area contributed by atoms with Crippen LogP contribution in [0, 0.1) is 6.92 Å². The van der Waals surface area contributed by atoms with Crippen molar-refractivity contribution in [3.63, 3.8) is 0 Å². The smallest absolute Gasteiger partial charge is 0.194 e. The van der Waals surface area contributed by atoms with Gasteiger partial charge in [-0.15, -0.1) is 0 Å². The van der Waals surface area contributed by atoms with Crippen molar-refractivity contribution in [1.29, 1.82) is 0 Å². The minimum Gasteiger partial charge on any atom is -0.356 e. The minimum absolute atomic E-state index is 0.0656. The molecule has 0 aromatic heterocycles. The molecule has 0 spiro atoms. The van der Waals surface area contributed by atoms with Gasteiger partial charge < -0.3 is 4.74 Å². The second kappa shape index (κ2) is 5.36. The van der Waals surface area contributed by atoms with Crippen LogP contribution in [0.2, 0.25) is 0 Å². The normalized spacial score (nSPS) is 23.0. The van der Waals surface area contributed by atoms with E-state index in [1.807, 2.05) is 6.07 Å². The number of rotatable bonds is 3. The Hall–Kier alpha value is -1.93. The maximum absolute atomic E-state index is 12.6. The van der Waals surface area contributed by atoms with Gasteiger partial charge in [-0.05, 0) is 55.4 Å². The van der Waals surface area contributed by atoms with Gasteiger partial charge in [0.25, 0.3) is 0 Å². The lowest BCUT2D eigenvalue weighted by Crippen LogP contribution is -2.11. The Kier molecular flexibility index (Phi) is 3.34. The van der Waals surface area contributed by atoms with Gasteiger partial charge in [-0.1, -0.05) is 42.0 Å². The number of carbonyl (C=O) groups is 1. The molecule has 0 bridgehead atoms. The van der Waals surface area contributed by atoms with Gasteiger partial charge in [0.15, 0.2) is 11.9 Å². The third-order valence-electron chi connectivity index (χ3n) is 4.79. The average Bonchev–Trinajstić information content (AvgIpc) is 3.35. The second-order valence-electron chi connectivity index (χ2n) is 6.44. The molecule has 0 N–H and O–H groups in total. The fourth-order valence-electron chi connectivity index (χ4n) is 3.37. The molecule has 2 aromatic rings. The maximum atomic E-state index is 12.6. The van der Waals surface area contributed by atoms with Gasteiger partial charge in [0.2, 0.25) is 0 Å². The van der Waals surface area contributed by atoms with E-state index in [1.54, 1.807) is 0 Å². The first-order valence-electron chi connectivity index (χ1n) is 8.10. The maximum Gasteiger partial charge on any atom is 0.194 e. The van der Waals surface area contributed by atoms with Crippen LogP contribution < -0.4 is 0 Å². The Labute approximate surface area is 131 Å². The number of ketones is 1. The van der Waals surface area contributed by atoms with E-state index in [1.165, 1.54) is 29.5 Å². The van der Waals surface area contributed by atoms with Crippen molar-refractivity contribution >= 4 is 5.78 Å². The molecule has 2 unspecified atom stereocenters. The summed E-state index contributed by atoms with van der Waals surface area (Å²) in [4.78, 5) is 12.6. The first kappa shape index (κ1) is 13.7. The molecule has 1 saturated heterocycles. The van der Waals surface area contributed by atoms with E-state index in [0.29, 0.717) is 0 Å². The van der Waals surface area contributed by atoms with E-state index in [4.69, 9.17) is 4.74 Å². The number of ether oxygens (including phenoxy) is 1. The van der Waals surface area contributed by atoms with Gasteiger partial charge in [0, 0.05) is 5.56 Å². The van der Waals surface area contributed by atoms with Crippen molar-refractivity contribution in [2.45, 2.75) is 44.8 Å². The lowest BCUT2D eigenvalue weighted by molar-refractivity contribution is 0.0953. The summed E-state index contributed by atoms with van der Waals surface area (Å²) in [7, 11) is 0. The van der Waals surface area contributed by atoms with Crippen LogP contribution in [0.5, 0.6) is 0 Å². The Morgan fingerprint density at radius 3 is 2.50 bits per heavy atom. The van der Waals surface area contributed by atoms with Crippen LogP contribution in [-0.2, 0) is 17.6 Å². The molecule has 1 aliphatic heterocycles. The molecular weight excluding hydrogens is 272 g/mol. The van der Waals surface area contributed by atoms with Crippen molar-refractivity contribution in [3.05, 3.63) is 70.3 Å². The third kappa shape index (κ3) is 2.48. The van der Waals surface area contributed by atoms with E-state index in [-0.39, 0.29) is 18.0 Å². The predicted molar refractivity (Wildman–Crippen MR) is 86.2 cm³/mol. The quantitative estimate of drug-likeness (QED) is 0.627. The van der Waals surface area contributed by atoms with Crippen LogP contribution >= 0.6 is 0 Å². The van der Waals surface area contributed by atoms with Crippen LogP contribution in [0.15, 0.2) is 42.5 Å². The molecule has 0 amide bonds. The van der Waals surface area contributed by atoms with Gasteiger partial charge in [0.1, 0.15) is 6.10 Å². The first-order chi connectivity index (χ1) is 10.7. The number of hydrogen-bond acceptors (Lipinski definition) is 2. The molecule has 2 aromatic carbocycles. The van der Waals surface area contributed by atoms with Gasteiger partial charge in [0.05, 0.1) is 0 Å². The lowest BCUT2D eigenvalue weighted by atomic mass is 9.89. The number of epoxide rings is 1. The molecular formula is C20H20O2. The van der Waals surface area contributed by atoms with E-state index >= 15 is 0 Å². The molecule has 1 fully saturated rings. The Balaban J connectivity index is 1.52. The van der Waals surface area contributed by atoms with Crippen molar-refractivity contribution in [3.8, 4) is 0 Å². The standard InChI is InChI=1S/C20H20O2/c1-13-6-8-15(9-7-13)19-20(22-19)18(21)17-11-10-14-4-2-3-5-16(14)12-17/h6-12,19-20H,2-5H2,1H3. The zero-order chi connectivity index (χ0) is 15.1. The summed E-state index contributed by atoms with van der Waals surface area (Å²) in [5.41, 5.74) is 5.89. The molecule has 4 rings (SSSR count). The zero-order valence-corrected chi connectivity index (χ0v) is 12.8. The molecule has 0 saturated carbocycles. The number of aryl methyl sites for hydroxylation is 3. The second-order valence-corrected chi connectivity index (χ2v) is 6.44. The Morgan fingerprint density at radius 2 is 1.73 bits per heavy atom. The third-order valence-corrected chi connectivity index (χ3v) is 4.79. The molecule has 22 heavy (non-hydrogen) atoms. The van der Waals surface area contributed by atoms with Gasteiger partial charge in [-0.2, -0.15) is 0 Å². The molecule has 2 nitrogen and oxygen atoms in total. The van der Waals surface area contributed by atoms with Gasteiger partial charge in [-0.3, -0.25) is 4.79 Å². The van der Waals surface area contributed by atoms with Crippen molar-refractivity contribution in [1.82, 2.24) is 0 Å². The van der Waals surface area contributed by atoms with Gasteiger partial charge >= 0.3 is 0 Å². The largest absolute Gasteiger partial charge is 0.356 e. The van der Waals surface area contributed by atoms with Crippen LogP contribution in [0.1, 0.15) is 51.6 Å². The molecule has 2 atom stereocenters. The Bertz CT molecular complexity index is 715. The predicted octanol–water partition coefficient (Wildman–Crippen LogP) is 4.20. The van der Waals surface area contributed by atoms with Crippen LogP contribution in [0.4, 0.5) is 0 Å². The molecule has 2 aliphatic rings. The molecule has 1 heterocycles. The summed E-state index contributed by atoms with van der Waals surface area (Å²) in [6, 6.07) is 14.4. The summed E-state index contributed by atoms with van der Waals surface area (Å²) >= 11 is 0. The highest BCUT2D eigenvalue weighted by molar-refractivity contribution is 6.01. The number of benzene rings is 2. The zero-order valence-electron chi connectivity index (χ0n) is 12.8. The fourth-order valence-corrected chi connectivity index (χ4v) is 3.37. The summed E-state index contributed by atoms with van der Waals surface area (Å²) in [6.45, 7) is 2.06. The molecule has 2 heteroatoms. The average molecular weight is 292 g/mol. The topological polar surface area (TPSA) is 29.6 Å². The van der Waals surface area contributed by atoms with Crippen molar-refractivity contribution in [2.75, 3.05) is 0 Å². The van der Waals surface area contributed by atoms with E-state index in [0.717, 1.165) is 24.0 Å². The van der Waals surface area contributed by atoms with Crippen molar-refractivity contribution < 1.29 is 9.53 Å². The Morgan fingerprint density at radius 1 is 1.00 bits per heavy atom.